The van der Waals surface area contributed by atoms with Gasteiger partial charge in [0.1, 0.15) is 0 Å². The second-order valence-corrected chi connectivity index (χ2v) is 3.30. The first-order valence-electron chi connectivity index (χ1n) is 4.58. The monoisotopic (exact) mass is 186 g/mol. The Balaban J connectivity index is 2.46. The number of nitriles is 1. The van der Waals surface area contributed by atoms with Crippen LogP contribution in [0.3, 0.4) is 0 Å². The molecule has 0 saturated carbocycles. The average Bonchev–Trinajstić information content (AvgIpc) is 2.55. The van der Waals surface area contributed by atoms with Crippen molar-refractivity contribution in [1.29, 1.82) is 5.26 Å². The van der Waals surface area contributed by atoms with E-state index in [9.17, 15) is 4.79 Å². The molecule has 0 unspecified atom stereocenters. The molecule has 14 heavy (non-hydrogen) atoms. The van der Waals surface area contributed by atoms with Gasteiger partial charge in [0.05, 0.1) is 11.6 Å². The Morgan fingerprint density at radius 2 is 2.36 bits per heavy atom. The molecule has 0 radical (unpaired) electrons. The topological polar surface area (TPSA) is 44.1 Å². The van der Waals surface area contributed by atoms with Crippen molar-refractivity contribution >= 4 is 5.91 Å². The fraction of sp³-hybridized carbons (Fsp3) is 0.273. The Kier molecular flexibility index (Phi) is 1.97. The molecule has 0 spiro atoms. The molecule has 0 bridgehead atoms. The predicted octanol–water partition coefficient (Wildman–Crippen LogP) is 1.53. The Morgan fingerprint density at radius 3 is 3.00 bits per heavy atom. The van der Waals surface area contributed by atoms with Crippen molar-refractivity contribution in [3.8, 4) is 6.07 Å². The Labute approximate surface area is 82.6 Å². The lowest BCUT2D eigenvalue weighted by Gasteiger charge is -2.10. The fourth-order valence-electron chi connectivity index (χ4n) is 1.69. The summed E-state index contributed by atoms with van der Waals surface area (Å²) in [5, 5.41) is 8.70. The molecule has 0 fully saturated rings. The fourth-order valence-corrected chi connectivity index (χ4v) is 1.69. The third-order valence-corrected chi connectivity index (χ3v) is 2.50. The van der Waals surface area contributed by atoms with Crippen LogP contribution < -0.4 is 0 Å². The summed E-state index contributed by atoms with van der Waals surface area (Å²) in [5.41, 5.74) is 2.26. The Morgan fingerprint density at radius 1 is 1.57 bits per heavy atom. The summed E-state index contributed by atoms with van der Waals surface area (Å²) in [5.74, 6) is 0.0413. The summed E-state index contributed by atoms with van der Waals surface area (Å²) >= 11 is 0. The molecule has 0 aromatic heterocycles. The summed E-state index contributed by atoms with van der Waals surface area (Å²) in [6.07, 6.45) is 0. The maximum atomic E-state index is 11.7. The highest BCUT2D eigenvalue weighted by atomic mass is 16.2. The molecule has 0 saturated heterocycles. The Bertz CT molecular complexity index is 431. The van der Waals surface area contributed by atoms with E-state index in [0.717, 1.165) is 12.1 Å². The first-order valence-corrected chi connectivity index (χ1v) is 4.58. The lowest BCUT2D eigenvalue weighted by Crippen LogP contribution is -2.22. The van der Waals surface area contributed by atoms with Gasteiger partial charge in [0.25, 0.3) is 5.91 Å². The smallest absolute Gasteiger partial charge is 0.254 e. The van der Waals surface area contributed by atoms with Crippen molar-refractivity contribution in [2.75, 3.05) is 6.54 Å². The van der Waals surface area contributed by atoms with Crippen molar-refractivity contribution in [1.82, 2.24) is 4.90 Å². The zero-order valence-corrected chi connectivity index (χ0v) is 7.95. The summed E-state index contributed by atoms with van der Waals surface area (Å²) in [4.78, 5) is 13.5. The number of amides is 1. The van der Waals surface area contributed by atoms with Gasteiger partial charge in [-0.1, -0.05) is 6.07 Å². The lowest BCUT2D eigenvalue weighted by atomic mass is 10.1. The minimum absolute atomic E-state index is 0.0413. The first kappa shape index (κ1) is 8.76. The third-order valence-electron chi connectivity index (χ3n) is 2.50. The molecule has 0 atom stereocenters. The van der Waals surface area contributed by atoms with Gasteiger partial charge < -0.3 is 4.90 Å². The SMILES string of the molecule is CCN1Cc2ccc(C#N)cc2C1=O. The molecule has 0 aliphatic carbocycles. The number of benzene rings is 1. The molecule has 1 aliphatic rings. The molecule has 1 aliphatic heterocycles. The van der Waals surface area contributed by atoms with Crippen molar-refractivity contribution in [3.63, 3.8) is 0 Å². The van der Waals surface area contributed by atoms with Gasteiger partial charge in [-0.25, -0.2) is 0 Å². The van der Waals surface area contributed by atoms with E-state index in [1.165, 1.54) is 0 Å². The van der Waals surface area contributed by atoms with Gasteiger partial charge in [0.2, 0.25) is 0 Å². The van der Waals surface area contributed by atoms with E-state index < -0.39 is 0 Å². The summed E-state index contributed by atoms with van der Waals surface area (Å²) < 4.78 is 0. The number of carbonyl (C=O) groups excluding carboxylic acids is 1. The third kappa shape index (κ3) is 1.16. The number of hydrogen-bond donors (Lipinski definition) is 0. The van der Waals surface area contributed by atoms with Gasteiger partial charge in [-0.2, -0.15) is 5.26 Å². The summed E-state index contributed by atoms with van der Waals surface area (Å²) in [6, 6.07) is 7.33. The molecule has 1 amide bonds. The number of nitrogens with zero attached hydrogens (tertiary/aromatic N) is 2. The maximum absolute atomic E-state index is 11.7. The average molecular weight is 186 g/mol. The molecule has 3 heteroatoms. The molecular weight excluding hydrogens is 176 g/mol. The summed E-state index contributed by atoms with van der Waals surface area (Å²) in [7, 11) is 0. The van der Waals surface area contributed by atoms with Gasteiger partial charge in [0.15, 0.2) is 0 Å². The van der Waals surface area contributed by atoms with Gasteiger partial charge in [-0.05, 0) is 24.6 Å². The van der Waals surface area contributed by atoms with Gasteiger partial charge in [-0.3, -0.25) is 4.79 Å². The first-order chi connectivity index (χ1) is 6.76. The second-order valence-electron chi connectivity index (χ2n) is 3.30. The number of carbonyl (C=O) groups is 1. The van der Waals surface area contributed by atoms with E-state index in [1.54, 1.807) is 17.0 Å². The molecule has 70 valence electrons. The molecule has 1 heterocycles. The van der Waals surface area contributed by atoms with Gasteiger partial charge in [0, 0.05) is 18.7 Å². The molecule has 2 rings (SSSR count). The van der Waals surface area contributed by atoms with E-state index in [2.05, 4.69) is 0 Å². The van der Waals surface area contributed by atoms with Crippen LogP contribution in [0.15, 0.2) is 18.2 Å². The highest BCUT2D eigenvalue weighted by Gasteiger charge is 2.25. The molecule has 1 aromatic rings. The van der Waals surface area contributed by atoms with Crippen molar-refractivity contribution in [2.24, 2.45) is 0 Å². The molecule has 3 nitrogen and oxygen atoms in total. The van der Waals surface area contributed by atoms with E-state index in [-0.39, 0.29) is 5.91 Å². The zero-order chi connectivity index (χ0) is 10.1. The van der Waals surface area contributed by atoms with Crippen LogP contribution in [0.4, 0.5) is 0 Å². The standard InChI is InChI=1S/C11H10N2O/c1-2-13-7-9-4-3-8(6-12)5-10(9)11(13)14/h3-5H,2,7H2,1H3. The van der Waals surface area contributed by atoms with Crippen molar-refractivity contribution in [2.45, 2.75) is 13.5 Å². The van der Waals surface area contributed by atoms with Crippen LogP contribution in [0, 0.1) is 11.3 Å². The number of fused-ring (bicyclic) bond motifs is 1. The highest BCUT2D eigenvalue weighted by Crippen LogP contribution is 2.23. The molecule has 0 N–H and O–H groups in total. The van der Waals surface area contributed by atoms with Crippen LogP contribution in [0.25, 0.3) is 0 Å². The highest BCUT2D eigenvalue weighted by molar-refractivity contribution is 5.98. The maximum Gasteiger partial charge on any atom is 0.254 e. The van der Waals surface area contributed by atoms with E-state index >= 15 is 0 Å². The zero-order valence-electron chi connectivity index (χ0n) is 7.95. The summed E-state index contributed by atoms with van der Waals surface area (Å²) in [6.45, 7) is 3.35. The molecular formula is C11H10N2O. The van der Waals surface area contributed by atoms with Crippen LogP contribution in [-0.2, 0) is 6.54 Å². The lowest BCUT2D eigenvalue weighted by molar-refractivity contribution is 0.0787. The normalized spacial score (nSPS) is 14.0. The van der Waals surface area contributed by atoms with E-state index in [0.29, 0.717) is 17.7 Å². The minimum Gasteiger partial charge on any atom is -0.335 e. The quantitative estimate of drug-likeness (QED) is 0.667. The van der Waals surface area contributed by atoms with Crippen LogP contribution in [-0.4, -0.2) is 17.4 Å². The van der Waals surface area contributed by atoms with Crippen LogP contribution in [0.5, 0.6) is 0 Å². The van der Waals surface area contributed by atoms with Gasteiger partial charge in [-0.15, -0.1) is 0 Å². The Hall–Kier alpha value is -1.82. The largest absolute Gasteiger partial charge is 0.335 e. The van der Waals surface area contributed by atoms with Crippen LogP contribution in [0.2, 0.25) is 0 Å². The van der Waals surface area contributed by atoms with E-state index in [1.807, 2.05) is 19.1 Å². The molecule has 1 aromatic carbocycles. The van der Waals surface area contributed by atoms with Crippen LogP contribution in [0.1, 0.15) is 28.4 Å². The van der Waals surface area contributed by atoms with Crippen LogP contribution >= 0.6 is 0 Å². The predicted molar refractivity (Wildman–Crippen MR) is 51.6 cm³/mol. The van der Waals surface area contributed by atoms with E-state index in [4.69, 9.17) is 5.26 Å². The number of rotatable bonds is 1. The van der Waals surface area contributed by atoms with Crippen molar-refractivity contribution in [3.05, 3.63) is 34.9 Å². The number of hydrogen-bond acceptors (Lipinski definition) is 2. The van der Waals surface area contributed by atoms with Crippen molar-refractivity contribution < 1.29 is 4.79 Å². The van der Waals surface area contributed by atoms with Gasteiger partial charge >= 0.3 is 0 Å². The minimum atomic E-state index is 0.0413. The second kappa shape index (κ2) is 3.15.